The SMILES string of the molecule is CC(CCCCCCOC(=O)C1CCC(COc2cc(F)c(F)c(F)c2)CC1)CCCCCCOC(=O)C1CCC(COc2cc(F)c(F)c(F)c2)CC1. The Labute approximate surface area is 315 Å². The number of halogens is 6. The van der Waals surface area contributed by atoms with Crippen LogP contribution in [0.1, 0.15) is 122 Å². The molecule has 0 heterocycles. The quantitative estimate of drug-likeness (QED) is 0.0514. The van der Waals surface area contributed by atoms with E-state index in [-0.39, 0.29) is 60.3 Å². The van der Waals surface area contributed by atoms with E-state index in [1.54, 1.807) is 0 Å². The number of esters is 2. The number of carbonyl (C=O) groups is 2. The van der Waals surface area contributed by atoms with Gasteiger partial charge >= 0.3 is 11.9 Å². The molecule has 0 spiro atoms. The Hall–Kier alpha value is -3.44. The van der Waals surface area contributed by atoms with Crippen molar-refractivity contribution in [2.45, 2.75) is 122 Å². The fraction of sp³-hybridized carbons (Fsp3) is 0.667. The van der Waals surface area contributed by atoms with Gasteiger partial charge in [0.1, 0.15) is 11.5 Å². The van der Waals surface area contributed by atoms with Crippen LogP contribution in [0.5, 0.6) is 11.5 Å². The van der Waals surface area contributed by atoms with Crippen molar-refractivity contribution in [3.05, 3.63) is 59.2 Å². The lowest BCUT2D eigenvalue weighted by Crippen LogP contribution is -2.26. The van der Waals surface area contributed by atoms with E-state index in [2.05, 4.69) is 6.92 Å². The highest BCUT2D eigenvalue weighted by Crippen LogP contribution is 2.32. The molecule has 2 aromatic rings. The van der Waals surface area contributed by atoms with Crippen LogP contribution in [-0.2, 0) is 19.1 Å². The third-order valence-electron chi connectivity index (χ3n) is 10.9. The zero-order valence-corrected chi connectivity index (χ0v) is 31.5. The van der Waals surface area contributed by atoms with Crippen molar-refractivity contribution in [2.75, 3.05) is 26.4 Å². The van der Waals surface area contributed by atoms with Gasteiger partial charge in [-0.25, -0.2) is 26.3 Å². The third kappa shape index (κ3) is 14.7. The second-order valence-corrected chi connectivity index (χ2v) is 15.3. The first-order chi connectivity index (χ1) is 26.0. The molecule has 0 saturated heterocycles. The van der Waals surface area contributed by atoms with E-state index >= 15 is 0 Å². The minimum atomic E-state index is -1.51. The molecular formula is C42H56F6O6. The van der Waals surface area contributed by atoms with Crippen LogP contribution >= 0.6 is 0 Å². The summed E-state index contributed by atoms with van der Waals surface area (Å²) in [5, 5.41) is 0. The van der Waals surface area contributed by atoms with Crippen LogP contribution in [0.3, 0.4) is 0 Å². The number of ether oxygens (including phenoxy) is 4. The van der Waals surface area contributed by atoms with E-state index in [9.17, 15) is 35.9 Å². The van der Waals surface area contributed by atoms with Gasteiger partial charge in [-0.15, -0.1) is 0 Å². The van der Waals surface area contributed by atoms with Crippen LogP contribution in [-0.4, -0.2) is 38.4 Å². The van der Waals surface area contributed by atoms with Gasteiger partial charge < -0.3 is 18.9 Å². The van der Waals surface area contributed by atoms with E-state index in [4.69, 9.17) is 18.9 Å². The second-order valence-electron chi connectivity index (χ2n) is 15.3. The molecule has 0 aromatic heterocycles. The molecule has 0 radical (unpaired) electrons. The van der Waals surface area contributed by atoms with Gasteiger partial charge in [0, 0.05) is 24.3 Å². The van der Waals surface area contributed by atoms with Gasteiger partial charge in [0.25, 0.3) is 0 Å². The van der Waals surface area contributed by atoms with Crippen LogP contribution in [0.25, 0.3) is 0 Å². The standard InChI is InChI=1S/C42H56F6O6/c1-28(10-6-2-4-8-20-51-41(49)31-16-12-29(13-17-31)26-53-33-22-35(43)39(47)36(44)23-33)11-7-3-5-9-21-52-42(50)32-18-14-30(15-19-32)27-54-34-24-37(45)40(48)38(46)25-34/h22-25,28-32H,2-21,26-27H2,1H3. The molecule has 302 valence electrons. The molecule has 2 fully saturated rings. The van der Waals surface area contributed by atoms with Crippen molar-refractivity contribution in [3.63, 3.8) is 0 Å². The van der Waals surface area contributed by atoms with Gasteiger partial charge in [-0.3, -0.25) is 9.59 Å². The molecule has 2 saturated carbocycles. The summed E-state index contributed by atoms with van der Waals surface area (Å²) in [5.74, 6) is -7.85. The normalized spacial score (nSPS) is 20.6. The molecule has 4 rings (SSSR count). The van der Waals surface area contributed by atoms with E-state index < -0.39 is 34.9 Å². The van der Waals surface area contributed by atoms with Gasteiger partial charge in [-0.05, 0) is 82.0 Å². The molecule has 0 aliphatic heterocycles. The summed E-state index contributed by atoms with van der Waals surface area (Å²) in [6.45, 7) is 3.66. The molecule has 12 heteroatoms. The van der Waals surface area contributed by atoms with E-state index in [1.807, 2.05) is 0 Å². The third-order valence-corrected chi connectivity index (χ3v) is 10.9. The average molecular weight is 771 g/mol. The largest absolute Gasteiger partial charge is 0.493 e. The molecule has 54 heavy (non-hydrogen) atoms. The highest BCUT2D eigenvalue weighted by atomic mass is 19.2. The average Bonchev–Trinajstić information content (AvgIpc) is 3.16. The first kappa shape index (κ1) is 43.3. The summed E-state index contributed by atoms with van der Waals surface area (Å²) in [4.78, 5) is 25.0. The molecule has 0 amide bonds. The number of hydrogen-bond donors (Lipinski definition) is 0. The van der Waals surface area contributed by atoms with Crippen LogP contribution in [0.4, 0.5) is 26.3 Å². The number of benzene rings is 2. The zero-order chi connectivity index (χ0) is 38.9. The minimum absolute atomic E-state index is 0.0422. The summed E-state index contributed by atoms with van der Waals surface area (Å²) >= 11 is 0. The minimum Gasteiger partial charge on any atom is -0.493 e. The lowest BCUT2D eigenvalue weighted by molar-refractivity contribution is -0.151. The van der Waals surface area contributed by atoms with Crippen molar-refractivity contribution >= 4 is 11.9 Å². The molecule has 0 bridgehead atoms. The maximum atomic E-state index is 13.4. The van der Waals surface area contributed by atoms with E-state index in [0.29, 0.717) is 44.8 Å². The highest BCUT2D eigenvalue weighted by Gasteiger charge is 2.29. The van der Waals surface area contributed by atoms with Crippen LogP contribution < -0.4 is 9.47 Å². The number of hydrogen-bond acceptors (Lipinski definition) is 6. The monoisotopic (exact) mass is 770 g/mol. The van der Waals surface area contributed by atoms with Crippen LogP contribution in [0, 0.1) is 64.5 Å². The van der Waals surface area contributed by atoms with Gasteiger partial charge in [0.15, 0.2) is 34.9 Å². The maximum Gasteiger partial charge on any atom is 0.308 e. The van der Waals surface area contributed by atoms with Crippen LogP contribution in [0.2, 0.25) is 0 Å². The van der Waals surface area contributed by atoms with Crippen molar-refractivity contribution in [2.24, 2.45) is 29.6 Å². The molecule has 2 aliphatic rings. The topological polar surface area (TPSA) is 71.1 Å². The van der Waals surface area contributed by atoms with Gasteiger partial charge in [-0.2, -0.15) is 0 Å². The Morgan fingerprint density at radius 2 is 0.870 bits per heavy atom. The highest BCUT2D eigenvalue weighted by molar-refractivity contribution is 5.72. The van der Waals surface area contributed by atoms with Gasteiger partial charge in [0.05, 0.1) is 38.3 Å². The lowest BCUT2D eigenvalue weighted by Gasteiger charge is -2.27. The molecule has 6 nitrogen and oxygen atoms in total. The molecular weight excluding hydrogens is 714 g/mol. The maximum absolute atomic E-state index is 13.4. The smallest absolute Gasteiger partial charge is 0.308 e. The van der Waals surface area contributed by atoms with Crippen molar-refractivity contribution < 1.29 is 54.9 Å². The van der Waals surface area contributed by atoms with Crippen LogP contribution in [0.15, 0.2) is 24.3 Å². The summed E-state index contributed by atoms with van der Waals surface area (Å²) < 4.78 is 102. The summed E-state index contributed by atoms with van der Waals surface area (Å²) in [6, 6.07) is 3.36. The first-order valence-corrected chi connectivity index (χ1v) is 19.9. The zero-order valence-electron chi connectivity index (χ0n) is 31.5. The number of unbranched alkanes of at least 4 members (excludes halogenated alkanes) is 6. The van der Waals surface area contributed by atoms with Gasteiger partial charge in [-0.1, -0.05) is 58.3 Å². The Kier molecular flexibility index (Phi) is 18.3. The molecule has 0 unspecified atom stereocenters. The predicted octanol–water partition coefficient (Wildman–Crippen LogP) is 11.2. The first-order valence-electron chi connectivity index (χ1n) is 19.9. The number of rotatable bonds is 22. The van der Waals surface area contributed by atoms with Crippen molar-refractivity contribution in [3.8, 4) is 11.5 Å². The van der Waals surface area contributed by atoms with Crippen molar-refractivity contribution in [1.29, 1.82) is 0 Å². The Morgan fingerprint density at radius 3 is 1.22 bits per heavy atom. The molecule has 0 atom stereocenters. The Bertz CT molecular complexity index is 1300. The summed E-state index contributed by atoms with van der Waals surface area (Å²) in [6.07, 6.45) is 16.3. The molecule has 2 aliphatic carbocycles. The predicted molar refractivity (Wildman–Crippen MR) is 192 cm³/mol. The van der Waals surface area contributed by atoms with Gasteiger partial charge in [0.2, 0.25) is 0 Å². The fourth-order valence-corrected chi connectivity index (χ4v) is 7.41. The van der Waals surface area contributed by atoms with E-state index in [1.165, 1.54) is 12.8 Å². The number of carbonyl (C=O) groups excluding carboxylic acids is 2. The Morgan fingerprint density at radius 1 is 0.537 bits per heavy atom. The lowest BCUT2D eigenvalue weighted by atomic mass is 9.82. The van der Waals surface area contributed by atoms with Crippen molar-refractivity contribution in [1.82, 2.24) is 0 Å². The second kappa shape index (κ2) is 22.8. The fourth-order valence-electron chi connectivity index (χ4n) is 7.41. The molecule has 2 aromatic carbocycles. The van der Waals surface area contributed by atoms with E-state index in [0.717, 1.165) is 101 Å². The Balaban J connectivity index is 0.909. The summed E-state index contributed by atoms with van der Waals surface area (Å²) in [7, 11) is 0. The summed E-state index contributed by atoms with van der Waals surface area (Å²) in [5.41, 5.74) is 0. The molecule has 0 N–H and O–H groups in total.